The normalized spacial score (nSPS) is 20.2. The lowest BCUT2D eigenvalue weighted by molar-refractivity contribution is -0.122. The molecule has 2 atom stereocenters. The molecule has 4 N–H and O–H groups in total. The Morgan fingerprint density at radius 2 is 2.35 bits per heavy atom. The second kappa shape index (κ2) is 10.2. The van der Waals surface area contributed by atoms with Gasteiger partial charge in [-0.25, -0.2) is 0 Å². The van der Waals surface area contributed by atoms with Crippen molar-refractivity contribution in [1.82, 2.24) is 10.6 Å². The Kier molecular flexibility index (Phi) is 9.66. The van der Waals surface area contributed by atoms with Crippen LogP contribution < -0.4 is 16.4 Å². The summed E-state index contributed by atoms with van der Waals surface area (Å²) in [5.41, 5.74) is 5.26. The molecule has 0 saturated carbocycles. The summed E-state index contributed by atoms with van der Waals surface area (Å²) in [4.78, 5) is 20.6. The van der Waals surface area contributed by atoms with Gasteiger partial charge in [-0.2, -0.15) is 0 Å². The van der Waals surface area contributed by atoms with E-state index < -0.39 is 0 Å². The third-order valence-electron chi connectivity index (χ3n) is 2.95. The van der Waals surface area contributed by atoms with Crippen molar-refractivity contribution < 1.29 is 9.59 Å². The van der Waals surface area contributed by atoms with E-state index in [2.05, 4.69) is 17.6 Å². The van der Waals surface area contributed by atoms with Crippen LogP contribution >= 0.6 is 0 Å². The highest BCUT2D eigenvalue weighted by molar-refractivity contribution is 5.80. The van der Waals surface area contributed by atoms with Gasteiger partial charge in [-0.3, -0.25) is 4.79 Å². The first kappa shape index (κ1) is 16.1. The Hall–Kier alpha value is -0.940. The minimum Gasteiger partial charge on any atom is -0.356 e. The molecule has 100 valence electrons. The van der Waals surface area contributed by atoms with Crippen LogP contribution in [0.1, 0.15) is 26.2 Å². The van der Waals surface area contributed by atoms with Crippen LogP contribution in [0.5, 0.6) is 0 Å². The topological polar surface area (TPSA) is 84.2 Å². The molecule has 1 aliphatic heterocycles. The molecule has 1 saturated heterocycles. The summed E-state index contributed by atoms with van der Waals surface area (Å²) in [6, 6.07) is 0. The van der Waals surface area contributed by atoms with E-state index in [9.17, 15) is 9.59 Å². The van der Waals surface area contributed by atoms with Crippen molar-refractivity contribution in [1.29, 1.82) is 0 Å². The van der Waals surface area contributed by atoms with Gasteiger partial charge in [0.1, 0.15) is 6.29 Å². The molecular weight excluding hydrogens is 218 g/mol. The van der Waals surface area contributed by atoms with E-state index in [1.807, 2.05) is 7.05 Å². The van der Waals surface area contributed by atoms with Gasteiger partial charge in [0.05, 0.1) is 5.92 Å². The molecule has 5 heteroatoms. The predicted molar refractivity (Wildman–Crippen MR) is 68.6 cm³/mol. The number of hydrogen-bond donors (Lipinski definition) is 3. The first-order valence-electron chi connectivity index (χ1n) is 6.25. The first-order chi connectivity index (χ1) is 8.19. The zero-order valence-electron chi connectivity index (χ0n) is 10.9. The van der Waals surface area contributed by atoms with Gasteiger partial charge in [0, 0.05) is 19.5 Å². The molecule has 2 unspecified atom stereocenters. The van der Waals surface area contributed by atoms with E-state index in [4.69, 9.17) is 5.73 Å². The summed E-state index contributed by atoms with van der Waals surface area (Å²) in [6.45, 7) is 4.35. The predicted octanol–water partition coefficient (Wildman–Crippen LogP) is -0.0978. The zero-order valence-corrected chi connectivity index (χ0v) is 10.9. The van der Waals surface area contributed by atoms with Crippen LogP contribution in [-0.2, 0) is 9.59 Å². The molecule has 1 amide bonds. The van der Waals surface area contributed by atoms with Gasteiger partial charge in [-0.15, -0.1) is 0 Å². The van der Waals surface area contributed by atoms with E-state index >= 15 is 0 Å². The fourth-order valence-corrected chi connectivity index (χ4v) is 1.69. The highest BCUT2D eigenvalue weighted by atomic mass is 16.2. The third kappa shape index (κ3) is 7.07. The largest absolute Gasteiger partial charge is 0.356 e. The Labute approximate surface area is 104 Å². The number of amides is 1. The van der Waals surface area contributed by atoms with Gasteiger partial charge in [0.2, 0.25) is 5.91 Å². The highest BCUT2D eigenvalue weighted by Crippen LogP contribution is 2.05. The number of hydrogen-bond acceptors (Lipinski definition) is 4. The Balaban J connectivity index is 0.000000302. The van der Waals surface area contributed by atoms with E-state index in [0.717, 1.165) is 32.2 Å². The lowest BCUT2D eigenvalue weighted by Crippen LogP contribution is -2.24. The van der Waals surface area contributed by atoms with Crippen molar-refractivity contribution in [2.24, 2.45) is 17.6 Å². The Morgan fingerprint density at radius 3 is 2.65 bits per heavy atom. The first-order valence-corrected chi connectivity index (χ1v) is 6.25. The molecule has 0 aromatic rings. The van der Waals surface area contributed by atoms with Crippen LogP contribution in [0.2, 0.25) is 0 Å². The number of rotatable bonds is 6. The standard InChI is InChI=1S/C7H15NO.C5H10N2O/c1-3-7(4-5-9)6-8-2;6-3-4-1-2-7-5(4)8/h5,7-8H,3-4,6H2,1-2H3;4H,1-3,6H2,(H,7,8). The Morgan fingerprint density at radius 1 is 1.65 bits per heavy atom. The van der Waals surface area contributed by atoms with E-state index in [1.165, 1.54) is 0 Å². The molecule has 0 aromatic heterocycles. The molecule has 0 bridgehead atoms. The third-order valence-corrected chi connectivity index (χ3v) is 2.95. The number of carbonyl (C=O) groups excluding carboxylic acids is 2. The average molecular weight is 243 g/mol. The molecule has 0 radical (unpaired) electrons. The SMILES string of the molecule is CCC(CC=O)CNC.NCC1CCNC1=O. The molecule has 1 rings (SSSR count). The lowest BCUT2D eigenvalue weighted by Gasteiger charge is -2.08. The second-order valence-corrected chi connectivity index (χ2v) is 4.25. The maximum atomic E-state index is 10.6. The van der Waals surface area contributed by atoms with Crippen molar-refractivity contribution in [3.8, 4) is 0 Å². The highest BCUT2D eigenvalue weighted by Gasteiger charge is 2.21. The molecule has 5 nitrogen and oxygen atoms in total. The smallest absolute Gasteiger partial charge is 0.224 e. The summed E-state index contributed by atoms with van der Waals surface area (Å²) < 4.78 is 0. The molecular formula is C12H25N3O2. The van der Waals surface area contributed by atoms with Gasteiger partial charge >= 0.3 is 0 Å². The van der Waals surface area contributed by atoms with Gasteiger partial charge < -0.3 is 21.2 Å². The summed E-state index contributed by atoms with van der Waals surface area (Å²) in [7, 11) is 1.91. The van der Waals surface area contributed by atoms with E-state index in [-0.39, 0.29) is 11.8 Å². The second-order valence-electron chi connectivity index (χ2n) is 4.25. The van der Waals surface area contributed by atoms with Crippen molar-refractivity contribution in [2.75, 3.05) is 26.7 Å². The molecule has 0 spiro atoms. The fourth-order valence-electron chi connectivity index (χ4n) is 1.69. The summed E-state index contributed by atoms with van der Waals surface area (Å²) in [5, 5.41) is 5.75. The number of nitrogens with one attached hydrogen (secondary N) is 2. The maximum absolute atomic E-state index is 10.6. The van der Waals surface area contributed by atoms with Gasteiger partial charge in [-0.05, 0) is 25.9 Å². The monoisotopic (exact) mass is 243 g/mol. The van der Waals surface area contributed by atoms with Crippen LogP contribution in [0.15, 0.2) is 0 Å². The van der Waals surface area contributed by atoms with E-state index in [1.54, 1.807) is 0 Å². The molecule has 0 aliphatic carbocycles. The molecule has 1 fully saturated rings. The van der Waals surface area contributed by atoms with Crippen molar-refractivity contribution in [2.45, 2.75) is 26.2 Å². The summed E-state index contributed by atoms with van der Waals surface area (Å²) >= 11 is 0. The van der Waals surface area contributed by atoms with Crippen molar-refractivity contribution >= 4 is 12.2 Å². The summed E-state index contributed by atoms with van der Waals surface area (Å²) in [5.74, 6) is 0.745. The number of aldehydes is 1. The number of carbonyl (C=O) groups is 2. The summed E-state index contributed by atoms with van der Waals surface area (Å²) in [6.07, 6.45) is 3.68. The molecule has 1 aliphatic rings. The average Bonchev–Trinajstić information content (AvgIpc) is 2.75. The minimum absolute atomic E-state index is 0.0926. The van der Waals surface area contributed by atoms with Gasteiger partial charge in [-0.1, -0.05) is 13.3 Å². The van der Waals surface area contributed by atoms with Crippen LogP contribution in [0.3, 0.4) is 0 Å². The quantitative estimate of drug-likeness (QED) is 0.569. The lowest BCUT2D eigenvalue weighted by atomic mass is 10.0. The van der Waals surface area contributed by atoms with E-state index in [0.29, 0.717) is 18.9 Å². The van der Waals surface area contributed by atoms with Gasteiger partial charge in [0.15, 0.2) is 0 Å². The molecule has 1 heterocycles. The van der Waals surface area contributed by atoms with Crippen LogP contribution in [0.25, 0.3) is 0 Å². The van der Waals surface area contributed by atoms with Crippen LogP contribution in [-0.4, -0.2) is 38.9 Å². The molecule has 0 aromatic carbocycles. The Bertz CT molecular complexity index is 222. The van der Waals surface area contributed by atoms with Crippen LogP contribution in [0.4, 0.5) is 0 Å². The zero-order chi connectivity index (χ0) is 13.1. The fraction of sp³-hybridized carbons (Fsp3) is 0.833. The number of nitrogens with two attached hydrogens (primary N) is 1. The minimum atomic E-state index is 0.0926. The molecule has 17 heavy (non-hydrogen) atoms. The van der Waals surface area contributed by atoms with Crippen molar-refractivity contribution in [3.63, 3.8) is 0 Å². The van der Waals surface area contributed by atoms with Gasteiger partial charge in [0.25, 0.3) is 0 Å². The van der Waals surface area contributed by atoms with Crippen LogP contribution in [0, 0.1) is 11.8 Å². The maximum Gasteiger partial charge on any atom is 0.224 e. The van der Waals surface area contributed by atoms with Crippen molar-refractivity contribution in [3.05, 3.63) is 0 Å².